The molecule has 1 amide bonds. The minimum Gasteiger partial charge on any atom is -0.355 e. The highest BCUT2D eigenvalue weighted by Gasteiger charge is 2.26. The molecule has 1 N–H and O–H groups in total. The molecular weight excluding hydrogens is 390 g/mol. The Morgan fingerprint density at radius 2 is 1.86 bits per heavy atom. The summed E-state index contributed by atoms with van der Waals surface area (Å²) in [5, 5.41) is 24.2. The predicted octanol–water partition coefficient (Wildman–Crippen LogP) is 3.97. The first kappa shape index (κ1) is 19.0. The fourth-order valence-corrected chi connectivity index (χ4v) is 4.02. The molecule has 0 radical (unpaired) electrons. The first-order valence-corrected chi connectivity index (χ1v) is 10.2. The Kier molecular flexibility index (Phi) is 5.48. The SMILES string of the molecule is O=C(Nc1ccc([N+](=O)[O-])cc1)C1CCN(c2ccc(-c3cccs3)nn2)CC1. The Hall–Kier alpha value is -3.33. The van der Waals surface area contributed by atoms with Crippen molar-refractivity contribution in [2.75, 3.05) is 23.3 Å². The molecule has 1 aliphatic heterocycles. The van der Waals surface area contributed by atoms with Gasteiger partial charge in [-0.05, 0) is 48.6 Å². The third kappa shape index (κ3) is 4.40. The summed E-state index contributed by atoms with van der Waals surface area (Å²) >= 11 is 1.63. The van der Waals surface area contributed by atoms with Crippen molar-refractivity contribution < 1.29 is 9.72 Å². The molecule has 3 aromatic rings. The van der Waals surface area contributed by atoms with Gasteiger partial charge in [0.05, 0.1) is 9.80 Å². The van der Waals surface area contributed by atoms with Crippen LogP contribution in [0, 0.1) is 16.0 Å². The molecule has 1 saturated heterocycles. The van der Waals surface area contributed by atoms with Gasteiger partial charge < -0.3 is 10.2 Å². The highest BCUT2D eigenvalue weighted by atomic mass is 32.1. The number of anilines is 2. The fraction of sp³-hybridized carbons (Fsp3) is 0.250. The van der Waals surface area contributed by atoms with E-state index in [2.05, 4.69) is 20.4 Å². The second-order valence-electron chi connectivity index (χ2n) is 6.81. The van der Waals surface area contributed by atoms with Crippen LogP contribution in [0.15, 0.2) is 53.9 Å². The highest BCUT2D eigenvalue weighted by Crippen LogP contribution is 2.26. The van der Waals surface area contributed by atoms with Gasteiger partial charge in [0.15, 0.2) is 5.82 Å². The van der Waals surface area contributed by atoms with E-state index >= 15 is 0 Å². The summed E-state index contributed by atoms with van der Waals surface area (Å²) in [6.07, 6.45) is 1.43. The van der Waals surface area contributed by atoms with Gasteiger partial charge in [-0.3, -0.25) is 14.9 Å². The van der Waals surface area contributed by atoms with Crippen LogP contribution >= 0.6 is 11.3 Å². The number of nitro groups is 1. The van der Waals surface area contributed by atoms with Crippen LogP contribution < -0.4 is 10.2 Å². The number of carbonyl (C=O) groups excluding carboxylic acids is 1. The first-order chi connectivity index (χ1) is 14.1. The molecule has 2 aromatic heterocycles. The number of amides is 1. The first-order valence-electron chi connectivity index (χ1n) is 9.28. The molecule has 1 aromatic carbocycles. The highest BCUT2D eigenvalue weighted by molar-refractivity contribution is 7.13. The van der Waals surface area contributed by atoms with Gasteiger partial charge >= 0.3 is 0 Å². The lowest BCUT2D eigenvalue weighted by Crippen LogP contribution is -2.38. The van der Waals surface area contributed by atoms with Gasteiger partial charge in [-0.25, -0.2) is 0 Å². The standard InChI is InChI=1S/C20H19N5O3S/c26-20(21-15-3-5-16(6-4-15)25(27)28)14-9-11-24(12-10-14)19-8-7-17(22-23-19)18-2-1-13-29-18/h1-8,13-14H,9-12H2,(H,21,26). The van der Waals surface area contributed by atoms with E-state index in [1.165, 1.54) is 12.1 Å². The number of nitro benzene ring substituents is 1. The summed E-state index contributed by atoms with van der Waals surface area (Å²) in [6, 6.07) is 13.8. The number of nitrogens with one attached hydrogen (secondary N) is 1. The second-order valence-corrected chi connectivity index (χ2v) is 7.76. The zero-order valence-corrected chi connectivity index (χ0v) is 16.3. The van der Waals surface area contributed by atoms with Crippen molar-refractivity contribution >= 4 is 34.4 Å². The van der Waals surface area contributed by atoms with E-state index in [0.717, 1.165) is 29.5 Å². The molecule has 0 bridgehead atoms. The number of non-ortho nitro benzene ring substituents is 1. The van der Waals surface area contributed by atoms with Crippen LogP contribution in [0.25, 0.3) is 10.6 Å². The molecule has 1 aliphatic rings. The van der Waals surface area contributed by atoms with E-state index in [1.54, 1.807) is 23.5 Å². The molecule has 3 heterocycles. The van der Waals surface area contributed by atoms with Gasteiger partial charge in [0.25, 0.3) is 5.69 Å². The van der Waals surface area contributed by atoms with Crippen LogP contribution in [-0.4, -0.2) is 34.1 Å². The Morgan fingerprint density at radius 3 is 2.45 bits per heavy atom. The number of piperidine rings is 1. The average Bonchev–Trinajstić information content (AvgIpc) is 3.29. The zero-order valence-electron chi connectivity index (χ0n) is 15.5. The van der Waals surface area contributed by atoms with E-state index in [0.29, 0.717) is 18.5 Å². The number of carbonyl (C=O) groups is 1. The summed E-state index contributed by atoms with van der Waals surface area (Å²) in [7, 11) is 0. The largest absolute Gasteiger partial charge is 0.355 e. The zero-order chi connectivity index (χ0) is 20.2. The van der Waals surface area contributed by atoms with Crippen molar-refractivity contribution in [1.82, 2.24) is 10.2 Å². The summed E-state index contributed by atoms with van der Waals surface area (Å²) in [5.74, 6) is 0.664. The maximum atomic E-state index is 12.5. The minimum absolute atomic E-state index is 0.00233. The molecule has 9 heteroatoms. The lowest BCUT2D eigenvalue weighted by molar-refractivity contribution is -0.384. The molecule has 4 rings (SSSR count). The van der Waals surface area contributed by atoms with Crippen LogP contribution in [0.1, 0.15) is 12.8 Å². The number of thiophene rings is 1. The molecule has 1 fully saturated rings. The van der Waals surface area contributed by atoms with Gasteiger partial charge in [-0.15, -0.1) is 21.5 Å². The Bertz CT molecular complexity index is 982. The second kappa shape index (κ2) is 8.36. The molecule has 8 nitrogen and oxygen atoms in total. The molecular formula is C20H19N5O3S. The van der Waals surface area contributed by atoms with Crippen molar-refractivity contribution in [3.8, 4) is 10.6 Å². The van der Waals surface area contributed by atoms with E-state index in [1.807, 2.05) is 29.6 Å². The molecule has 0 unspecified atom stereocenters. The van der Waals surface area contributed by atoms with E-state index in [9.17, 15) is 14.9 Å². The number of benzene rings is 1. The van der Waals surface area contributed by atoms with Crippen LogP contribution in [0.5, 0.6) is 0 Å². The Morgan fingerprint density at radius 1 is 1.10 bits per heavy atom. The van der Waals surface area contributed by atoms with Crippen molar-refractivity contribution in [1.29, 1.82) is 0 Å². The summed E-state index contributed by atoms with van der Waals surface area (Å²) in [6.45, 7) is 1.46. The molecule has 0 atom stereocenters. The summed E-state index contributed by atoms with van der Waals surface area (Å²) in [4.78, 5) is 26.0. The van der Waals surface area contributed by atoms with Crippen LogP contribution in [0.3, 0.4) is 0 Å². The maximum absolute atomic E-state index is 12.5. The van der Waals surface area contributed by atoms with Gasteiger partial charge in [0, 0.05) is 36.8 Å². The van der Waals surface area contributed by atoms with Crippen molar-refractivity contribution in [3.05, 3.63) is 64.0 Å². The smallest absolute Gasteiger partial charge is 0.269 e. The molecule has 0 saturated carbocycles. The summed E-state index contributed by atoms with van der Waals surface area (Å²) in [5.41, 5.74) is 1.43. The number of hydrogen-bond donors (Lipinski definition) is 1. The minimum atomic E-state index is -0.461. The molecule has 148 valence electrons. The average molecular weight is 409 g/mol. The maximum Gasteiger partial charge on any atom is 0.269 e. The van der Waals surface area contributed by atoms with Crippen molar-refractivity contribution in [2.45, 2.75) is 12.8 Å². The van der Waals surface area contributed by atoms with Crippen molar-refractivity contribution in [3.63, 3.8) is 0 Å². The van der Waals surface area contributed by atoms with Gasteiger partial charge in [0.2, 0.25) is 5.91 Å². The fourth-order valence-electron chi connectivity index (χ4n) is 3.33. The van der Waals surface area contributed by atoms with E-state index in [4.69, 9.17) is 0 Å². The third-order valence-corrected chi connectivity index (χ3v) is 5.85. The molecule has 0 aliphatic carbocycles. The molecule has 29 heavy (non-hydrogen) atoms. The van der Waals surface area contributed by atoms with E-state index in [-0.39, 0.29) is 17.5 Å². The van der Waals surface area contributed by atoms with Gasteiger partial charge in [-0.1, -0.05) is 6.07 Å². The van der Waals surface area contributed by atoms with Crippen molar-refractivity contribution in [2.24, 2.45) is 5.92 Å². The normalized spacial score (nSPS) is 14.6. The predicted molar refractivity (Wildman–Crippen MR) is 112 cm³/mol. The summed E-state index contributed by atoms with van der Waals surface area (Å²) < 4.78 is 0. The number of aromatic nitrogens is 2. The monoisotopic (exact) mass is 409 g/mol. The van der Waals surface area contributed by atoms with Crippen LogP contribution in [-0.2, 0) is 4.79 Å². The molecule has 0 spiro atoms. The van der Waals surface area contributed by atoms with Crippen LogP contribution in [0.4, 0.5) is 17.2 Å². The lowest BCUT2D eigenvalue weighted by atomic mass is 9.96. The van der Waals surface area contributed by atoms with Crippen LogP contribution in [0.2, 0.25) is 0 Å². The third-order valence-electron chi connectivity index (χ3n) is 4.96. The topological polar surface area (TPSA) is 101 Å². The Balaban J connectivity index is 1.31. The number of rotatable bonds is 5. The quantitative estimate of drug-likeness (QED) is 0.505. The number of hydrogen-bond acceptors (Lipinski definition) is 7. The lowest BCUT2D eigenvalue weighted by Gasteiger charge is -2.31. The Labute approximate surface area is 171 Å². The van der Waals surface area contributed by atoms with Gasteiger partial charge in [0.1, 0.15) is 5.69 Å². The number of nitrogens with zero attached hydrogens (tertiary/aromatic N) is 4. The van der Waals surface area contributed by atoms with Gasteiger partial charge in [-0.2, -0.15) is 0 Å². The van der Waals surface area contributed by atoms with E-state index < -0.39 is 4.92 Å².